The van der Waals surface area contributed by atoms with Gasteiger partial charge in [-0.25, -0.2) is 0 Å². The predicted octanol–water partition coefficient (Wildman–Crippen LogP) is 4.39. The number of aliphatic carboxylic acids is 1. The van der Waals surface area contributed by atoms with Crippen molar-refractivity contribution >= 4 is 5.97 Å². The van der Waals surface area contributed by atoms with Gasteiger partial charge in [0.25, 0.3) is 0 Å². The zero-order valence-corrected chi connectivity index (χ0v) is 12.6. The summed E-state index contributed by atoms with van der Waals surface area (Å²) in [5.41, 5.74) is 1.41. The monoisotopic (exact) mass is 288 g/mol. The summed E-state index contributed by atoms with van der Waals surface area (Å²) >= 11 is 0. The zero-order valence-electron chi connectivity index (χ0n) is 12.6. The lowest BCUT2D eigenvalue weighted by molar-refractivity contribution is -0.136. The first-order valence-corrected chi connectivity index (χ1v) is 7.71. The van der Waals surface area contributed by atoms with E-state index in [1.54, 1.807) is 7.11 Å². The third-order valence-electron chi connectivity index (χ3n) is 4.29. The van der Waals surface area contributed by atoms with Gasteiger partial charge in [-0.05, 0) is 61.6 Å². The van der Waals surface area contributed by atoms with Crippen LogP contribution >= 0.6 is 0 Å². The van der Waals surface area contributed by atoms with Gasteiger partial charge in [0, 0.05) is 6.42 Å². The highest BCUT2D eigenvalue weighted by atomic mass is 16.5. The van der Waals surface area contributed by atoms with Crippen molar-refractivity contribution in [3.05, 3.63) is 42.0 Å². The Kier molecular flexibility index (Phi) is 5.85. The summed E-state index contributed by atoms with van der Waals surface area (Å²) in [4.78, 5) is 10.5. The summed E-state index contributed by atoms with van der Waals surface area (Å²) in [5, 5.41) is 8.61. The first-order valence-electron chi connectivity index (χ1n) is 7.71. The van der Waals surface area contributed by atoms with Crippen LogP contribution in [0, 0.1) is 5.92 Å². The molecule has 0 bridgehead atoms. The number of benzene rings is 1. The molecule has 1 saturated carbocycles. The summed E-state index contributed by atoms with van der Waals surface area (Å²) in [6.07, 6.45) is 9.94. The summed E-state index contributed by atoms with van der Waals surface area (Å²) in [6.45, 7) is 0. The lowest BCUT2D eigenvalue weighted by Gasteiger charge is -2.27. The Labute approximate surface area is 126 Å². The van der Waals surface area contributed by atoms with Crippen LogP contribution in [0.5, 0.6) is 5.75 Å². The van der Waals surface area contributed by atoms with Gasteiger partial charge in [-0.1, -0.05) is 24.3 Å². The van der Waals surface area contributed by atoms with E-state index in [4.69, 9.17) is 9.84 Å². The summed E-state index contributed by atoms with van der Waals surface area (Å²) in [7, 11) is 1.69. The second-order valence-corrected chi connectivity index (χ2v) is 5.75. The molecule has 0 saturated heterocycles. The van der Waals surface area contributed by atoms with Crippen LogP contribution in [0.4, 0.5) is 0 Å². The van der Waals surface area contributed by atoms with Crippen molar-refractivity contribution in [3.63, 3.8) is 0 Å². The first kappa shape index (κ1) is 15.6. The highest BCUT2D eigenvalue weighted by Gasteiger charge is 2.20. The molecule has 114 valence electrons. The minimum absolute atomic E-state index is 0.234. The van der Waals surface area contributed by atoms with Crippen LogP contribution < -0.4 is 4.74 Å². The van der Waals surface area contributed by atoms with Crippen molar-refractivity contribution in [2.24, 2.45) is 5.92 Å². The third-order valence-corrected chi connectivity index (χ3v) is 4.29. The van der Waals surface area contributed by atoms with Crippen molar-refractivity contribution < 1.29 is 14.6 Å². The van der Waals surface area contributed by atoms with Crippen LogP contribution in [-0.4, -0.2) is 18.2 Å². The van der Waals surface area contributed by atoms with Gasteiger partial charge in [0.1, 0.15) is 5.75 Å². The Hall–Kier alpha value is -1.77. The van der Waals surface area contributed by atoms with Gasteiger partial charge in [0.05, 0.1) is 7.11 Å². The van der Waals surface area contributed by atoms with E-state index in [2.05, 4.69) is 18.2 Å². The molecular formula is C18H24O3. The molecule has 2 rings (SSSR count). The number of carboxylic acid groups (broad SMARTS) is 1. The number of carbonyl (C=O) groups is 1. The normalized spacial score (nSPS) is 22.3. The maximum atomic E-state index is 10.5. The largest absolute Gasteiger partial charge is 0.497 e. The van der Waals surface area contributed by atoms with Gasteiger partial charge in [0.2, 0.25) is 0 Å². The van der Waals surface area contributed by atoms with Gasteiger partial charge in [-0.3, -0.25) is 4.79 Å². The average Bonchev–Trinajstić information content (AvgIpc) is 2.52. The fourth-order valence-corrected chi connectivity index (χ4v) is 3.02. The number of rotatable bonds is 6. The van der Waals surface area contributed by atoms with Crippen LogP contribution in [0.15, 0.2) is 36.4 Å². The predicted molar refractivity (Wildman–Crippen MR) is 83.7 cm³/mol. The molecule has 0 amide bonds. The van der Waals surface area contributed by atoms with E-state index in [0.29, 0.717) is 18.3 Å². The molecule has 3 nitrogen and oxygen atoms in total. The standard InChI is InChI=1S/C18H24O3/c1-21-17-12-10-16(11-13-17)15-8-6-14(7-9-15)4-2-3-5-18(19)20/h2,4,10-15H,3,5-9H2,1H3,(H,19,20)/t14-,15-. The molecule has 0 unspecified atom stereocenters. The Morgan fingerprint density at radius 2 is 1.90 bits per heavy atom. The molecular weight excluding hydrogens is 264 g/mol. The molecule has 1 N–H and O–H groups in total. The smallest absolute Gasteiger partial charge is 0.303 e. The van der Waals surface area contributed by atoms with E-state index < -0.39 is 5.97 Å². The average molecular weight is 288 g/mol. The van der Waals surface area contributed by atoms with Crippen molar-refractivity contribution in [2.75, 3.05) is 7.11 Å². The number of hydrogen-bond acceptors (Lipinski definition) is 2. The molecule has 1 aliphatic carbocycles. The van der Waals surface area contributed by atoms with Gasteiger partial charge in [-0.15, -0.1) is 0 Å². The fraction of sp³-hybridized carbons (Fsp3) is 0.500. The summed E-state index contributed by atoms with van der Waals surface area (Å²) < 4.78 is 5.19. The van der Waals surface area contributed by atoms with Crippen molar-refractivity contribution in [1.29, 1.82) is 0 Å². The molecule has 0 radical (unpaired) electrons. The minimum Gasteiger partial charge on any atom is -0.497 e. The van der Waals surface area contributed by atoms with Crippen LogP contribution in [0.2, 0.25) is 0 Å². The van der Waals surface area contributed by atoms with Crippen LogP contribution in [0.25, 0.3) is 0 Å². The molecule has 1 aromatic rings. The zero-order chi connectivity index (χ0) is 15.1. The fourth-order valence-electron chi connectivity index (χ4n) is 3.02. The number of methoxy groups -OCH3 is 1. The Morgan fingerprint density at radius 3 is 2.48 bits per heavy atom. The molecule has 0 aromatic heterocycles. The molecule has 1 fully saturated rings. The molecule has 3 heteroatoms. The highest BCUT2D eigenvalue weighted by Crippen LogP contribution is 2.36. The van der Waals surface area contributed by atoms with E-state index >= 15 is 0 Å². The molecule has 0 spiro atoms. The maximum absolute atomic E-state index is 10.5. The Bertz CT molecular complexity index is 468. The second kappa shape index (κ2) is 7.87. The number of allylic oxidation sites excluding steroid dienone is 2. The Balaban J connectivity index is 1.78. The van der Waals surface area contributed by atoms with E-state index in [1.165, 1.54) is 31.2 Å². The summed E-state index contributed by atoms with van der Waals surface area (Å²) in [6, 6.07) is 8.42. The second-order valence-electron chi connectivity index (χ2n) is 5.75. The van der Waals surface area contributed by atoms with E-state index in [1.807, 2.05) is 18.2 Å². The van der Waals surface area contributed by atoms with Crippen molar-refractivity contribution in [2.45, 2.75) is 44.4 Å². The number of ether oxygens (including phenoxy) is 1. The van der Waals surface area contributed by atoms with E-state index in [9.17, 15) is 4.79 Å². The molecule has 21 heavy (non-hydrogen) atoms. The van der Waals surface area contributed by atoms with Crippen LogP contribution in [0.1, 0.15) is 50.0 Å². The maximum Gasteiger partial charge on any atom is 0.303 e. The Morgan fingerprint density at radius 1 is 1.24 bits per heavy atom. The van der Waals surface area contributed by atoms with Gasteiger partial charge < -0.3 is 9.84 Å². The molecule has 1 aromatic carbocycles. The van der Waals surface area contributed by atoms with E-state index in [0.717, 1.165) is 5.75 Å². The number of hydrogen-bond donors (Lipinski definition) is 1. The molecule has 0 heterocycles. The summed E-state index contributed by atoms with van der Waals surface area (Å²) in [5.74, 6) is 1.46. The molecule has 0 atom stereocenters. The number of carboxylic acids is 1. The third kappa shape index (κ3) is 4.92. The van der Waals surface area contributed by atoms with Crippen LogP contribution in [-0.2, 0) is 4.79 Å². The quantitative estimate of drug-likeness (QED) is 0.790. The van der Waals surface area contributed by atoms with Gasteiger partial charge in [0.15, 0.2) is 0 Å². The lowest BCUT2D eigenvalue weighted by atomic mass is 9.78. The molecule has 0 aliphatic heterocycles. The van der Waals surface area contributed by atoms with Crippen molar-refractivity contribution in [3.8, 4) is 5.75 Å². The van der Waals surface area contributed by atoms with Gasteiger partial charge in [-0.2, -0.15) is 0 Å². The SMILES string of the molecule is COc1ccc([C@H]2CC[C@H](C=CCCC(=O)O)CC2)cc1. The first-order chi connectivity index (χ1) is 10.2. The van der Waals surface area contributed by atoms with Gasteiger partial charge >= 0.3 is 5.97 Å². The van der Waals surface area contributed by atoms with Crippen LogP contribution in [0.3, 0.4) is 0 Å². The topological polar surface area (TPSA) is 46.5 Å². The van der Waals surface area contributed by atoms with E-state index in [-0.39, 0.29) is 6.42 Å². The minimum atomic E-state index is -0.720. The molecule has 1 aliphatic rings. The lowest BCUT2D eigenvalue weighted by Crippen LogP contribution is -2.11. The highest BCUT2D eigenvalue weighted by molar-refractivity contribution is 5.66. The van der Waals surface area contributed by atoms with Crippen molar-refractivity contribution in [1.82, 2.24) is 0 Å².